The summed E-state index contributed by atoms with van der Waals surface area (Å²) in [6.07, 6.45) is 8.07. The van der Waals surface area contributed by atoms with E-state index < -0.39 is 0 Å². The molecule has 1 aromatic carbocycles. The van der Waals surface area contributed by atoms with E-state index in [4.69, 9.17) is 10.1 Å². The van der Waals surface area contributed by atoms with Crippen LogP contribution in [-0.4, -0.2) is 33.6 Å². The molecule has 0 saturated heterocycles. The second-order valence-electron chi connectivity index (χ2n) is 9.14. The Morgan fingerprint density at radius 3 is 2.48 bits per heavy atom. The molecule has 2 N–H and O–H groups in total. The molecular weight excluding hydrogens is 338 g/mol. The Kier molecular flexibility index (Phi) is 4.23. The van der Waals surface area contributed by atoms with E-state index in [0.717, 1.165) is 54.0 Å². The lowest BCUT2D eigenvalue weighted by molar-refractivity contribution is -0.144. The number of nitrogens with one attached hydrogen (secondary N) is 1. The fraction of sp³-hybridized carbons (Fsp3) is 0.636. The first-order chi connectivity index (χ1) is 13.2. The second kappa shape index (κ2) is 6.62. The van der Waals surface area contributed by atoms with Crippen molar-refractivity contribution in [1.82, 2.24) is 9.55 Å². The van der Waals surface area contributed by atoms with Gasteiger partial charge in [-0.1, -0.05) is 12.1 Å². The first kappa shape index (κ1) is 17.2. The zero-order chi connectivity index (χ0) is 18.4. The zero-order valence-corrected chi connectivity index (χ0v) is 15.9. The predicted molar refractivity (Wildman–Crippen MR) is 106 cm³/mol. The highest BCUT2D eigenvalue weighted by Gasteiger charge is 2.54. The number of benzene rings is 1. The van der Waals surface area contributed by atoms with Crippen molar-refractivity contribution in [3.8, 4) is 0 Å². The van der Waals surface area contributed by atoms with Gasteiger partial charge in [-0.15, -0.1) is 0 Å². The number of Topliss-reactive ketones (excluding diaryl/α,β-unsaturated/α-hetero) is 1. The molecule has 5 heteroatoms. The number of imidazole rings is 1. The normalized spacial score (nSPS) is 31.5. The van der Waals surface area contributed by atoms with Gasteiger partial charge in [-0.25, -0.2) is 4.98 Å². The molecule has 0 unspecified atom stereocenters. The highest BCUT2D eigenvalue weighted by Crippen LogP contribution is 2.60. The van der Waals surface area contributed by atoms with Gasteiger partial charge in [-0.3, -0.25) is 4.79 Å². The number of aliphatic hydroxyl groups is 1. The molecule has 4 bridgehead atoms. The van der Waals surface area contributed by atoms with Crippen LogP contribution in [0.1, 0.15) is 44.9 Å². The molecule has 0 spiro atoms. The maximum atomic E-state index is 13.6. The van der Waals surface area contributed by atoms with Crippen LogP contribution in [0.25, 0.3) is 11.0 Å². The van der Waals surface area contributed by atoms with Crippen molar-refractivity contribution in [2.75, 3.05) is 18.5 Å². The maximum absolute atomic E-state index is 13.6. The molecule has 27 heavy (non-hydrogen) atoms. The number of hydrogen-bond acceptors (Lipinski definition) is 4. The minimum Gasteiger partial charge on any atom is -0.396 e. The Morgan fingerprint density at radius 1 is 1.15 bits per heavy atom. The summed E-state index contributed by atoms with van der Waals surface area (Å²) in [4.78, 5) is 18.3. The Bertz CT molecular complexity index is 821. The highest BCUT2D eigenvalue weighted by molar-refractivity contribution is 5.88. The van der Waals surface area contributed by atoms with Gasteiger partial charge in [0.05, 0.1) is 17.6 Å². The van der Waals surface area contributed by atoms with Crippen molar-refractivity contribution in [3.63, 3.8) is 0 Å². The number of rotatable bonds is 7. The summed E-state index contributed by atoms with van der Waals surface area (Å²) in [5.41, 5.74) is 1.85. The molecule has 1 aromatic heterocycles. The number of anilines is 1. The number of fused-ring (bicyclic) bond motifs is 1. The van der Waals surface area contributed by atoms with Gasteiger partial charge in [0.15, 0.2) is 5.78 Å². The summed E-state index contributed by atoms with van der Waals surface area (Å²) < 4.78 is 2.06. The summed E-state index contributed by atoms with van der Waals surface area (Å²) >= 11 is 0. The molecule has 0 amide bonds. The van der Waals surface area contributed by atoms with E-state index in [-0.39, 0.29) is 12.0 Å². The van der Waals surface area contributed by atoms with E-state index >= 15 is 0 Å². The lowest BCUT2D eigenvalue weighted by atomic mass is 9.48. The van der Waals surface area contributed by atoms with Gasteiger partial charge >= 0.3 is 0 Å². The molecule has 4 saturated carbocycles. The molecule has 0 radical (unpaired) electrons. The van der Waals surface area contributed by atoms with E-state index in [1.54, 1.807) is 0 Å². The van der Waals surface area contributed by atoms with Crippen LogP contribution in [0, 0.1) is 23.2 Å². The quantitative estimate of drug-likeness (QED) is 0.734. The molecule has 144 valence electrons. The average molecular weight is 367 g/mol. The third-order valence-electron chi connectivity index (χ3n) is 7.20. The number of carbonyl (C=O) groups excluding carboxylic acids is 1. The van der Waals surface area contributed by atoms with Gasteiger partial charge < -0.3 is 15.0 Å². The van der Waals surface area contributed by atoms with Crippen molar-refractivity contribution in [2.45, 2.75) is 51.5 Å². The lowest BCUT2D eigenvalue weighted by Gasteiger charge is -2.56. The van der Waals surface area contributed by atoms with Crippen LogP contribution in [0.5, 0.6) is 0 Å². The SMILES string of the molecule is O=C(Cn1c(NCCCO)nc2ccccc21)C12CC3CC(CC(C3)C1)C2. The topological polar surface area (TPSA) is 67.2 Å². The Labute approximate surface area is 160 Å². The van der Waals surface area contributed by atoms with Gasteiger partial charge in [0.25, 0.3) is 0 Å². The van der Waals surface area contributed by atoms with Gasteiger partial charge in [0.2, 0.25) is 5.95 Å². The molecule has 0 aliphatic heterocycles. The fourth-order valence-electron chi connectivity index (χ4n) is 6.41. The van der Waals surface area contributed by atoms with E-state index in [0.29, 0.717) is 25.3 Å². The van der Waals surface area contributed by atoms with Crippen LogP contribution in [0.2, 0.25) is 0 Å². The molecule has 0 atom stereocenters. The standard InChI is InChI=1S/C22H29N3O2/c26-7-3-6-23-21-24-18-4-1-2-5-19(18)25(21)14-20(27)22-11-15-8-16(12-22)10-17(9-15)13-22/h1-2,4-5,15-17,26H,3,6-14H2,(H,23,24). The third kappa shape index (κ3) is 2.96. The zero-order valence-electron chi connectivity index (χ0n) is 15.9. The molecule has 4 aliphatic carbocycles. The molecule has 1 heterocycles. The van der Waals surface area contributed by atoms with Gasteiger partial charge in [-0.05, 0) is 74.8 Å². The van der Waals surface area contributed by atoms with Crippen molar-refractivity contribution >= 4 is 22.8 Å². The maximum Gasteiger partial charge on any atom is 0.204 e. The molecular formula is C22H29N3O2. The van der Waals surface area contributed by atoms with Gasteiger partial charge in [0, 0.05) is 18.6 Å². The van der Waals surface area contributed by atoms with Gasteiger partial charge in [-0.2, -0.15) is 0 Å². The first-order valence-electron chi connectivity index (χ1n) is 10.5. The van der Waals surface area contributed by atoms with Crippen molar-refractivity contribution in [2.24, 2.45) is 23.2 Å². The fourth-order valence-corrected chi connectivity index (χ4v) is 6.41. The third-order valence-corrected chi connectivity index (χ3v) is 7.20. The number of nitrogens with zero attached hydrogens (tertiary/aromatic N) is 2. The van der Waals surface area contributed by atoms with Crippen LogP contribution >= 0.6 is 0 Å². The van der Waals surface area contributed by atoms with Crippen LogP contribution in [0.3, 0.4) is 0 Å². The second-order valence-corrected chi connectivity index (χ2v) is 9.14. The molecule has 5 nitrogen and oxygen atoms in total. The van der Waals surface area contributed by atoms with E-state index in [2.05, 4.69) is 9.88 Å². The van der Waals surface area contributed by atoms with Crippen molar-refractivity contribution in [3.05, 3.63) is 24.3 Å². The molecule has 2 aromatic rings. The number of aromatic nitrogens is 2. The average Bonchev–Trinajstić information content (AvgIpc) is 2.98. The highest BCUT2D eigenvalue weighted by atomic mass is 16.3. The van der Waals surface area contributed by atoms with E-state index in [1.165, 1.54) is 19.3 Å². The van der Waals surface area contributed by atoms with Crippen LogP contribution in [0.4, 0.5) is 5.95 Å². The summed E-state index contributed by atoms with van der Waals surface area (Å²) in [6.45, 7) is 1.22. The van der Waals surface area contributed by atoms with E-state index in [1.807, 2.05) is 24.3 Å². The van der Waals surface area contributed by atoms with Crippen LogP contribution in [0.15, 0.2) is 24.3 Å². The summed E-state index contributed by atoms with van der Waals surface area (Å²) in [6, 6.07) is 8.04. The predicted octanol–water partition coefficient (Wildman–Crippen LogP) is 3.62. The summed E-state index contributed by atoms with van der Waals surface area (Å²) in [7, 11) is 0. The number of aliphatic hydroxyl groups excluding tert-OH is 1. The minimum absolute atomic E-state index is 0.0809. The van der Waals surface area contributed by atoms with Gasteiger partial charge in [0.1, 0.15) is 0 Å². The number of carbonyl (C=O) groups is 1. The lowest BCUT2D eigenvalue weighted by Crippen LogP contribution is -2.50. The van der Waals surface area contributed by atoms with E-state index in [9.17, 15) is 4.79 Å². The minimum atomic E-state index is -0.0809. The molecule has 4 fully saturated rings. The largest absolute Gasteiger partial charge is 0.396 e. The summed E-state index contributed by atoms with van der Waals surface area (Å²) in [5.74, 6) is 3.50. The Hall–Kier alpha value is -1.88. The number of ketones is 1. The Balaban J connectivity index is 1.43. The molecule has 4 aliphatic rings. The monoisotopic (exact) mass is 367 g/mol. The van der Waals surface area contributed by atoms with Crippen molar-refractivity contribution in [1.29, 1.82) is 0 Å². The van der Waals surface area contributed by atoms with Crippen LogP contribution < -0.4 is 5.32 Å². The molecule has 6 rings (SSSR count). The summed E-state index contributed by atoms with van der Waals surface area (Å²) in [5, 5.41) is 12.4. The Morgan fingerprint density at radius 2 is 1.81 bits per heavy atom. The number of hydrogen-bond donors (Lipinski definition) is 2. The van der Waals surface area contributed by atoms with Crippen LogP contribution in [-0.2, 0) is 11.3 Å². The smallest absolute Gasteiger partial charge is 0.204 e. The number of para-hydroxylation sites is 2. The van der Waals surface area contributed by atoms with Crippen molar-refractivity contribution < 1.29 is 9.90 Å². The first-order valence-corrected chi connectivity index (χ1v) is 10.5.